The molecule has 0 aliphatic carbocycles. The molecule has 2 heteroatoms. The molecular formula is C10H13FO. The van der Waals surface area contributed by atoms with E-state index in [0.29, 0.717) is 11.1 Å². The Kier molecular flexibility index (Phi) is 2.36. The summed E-state index contributed by atoms with van der Waals surface area (Å²) in [4.78, 5) is 0. The SMILES string of the molecule is Cc1cc(F)cc(C(C)C)c1O. The van der Waals surface area contributed by atoms with E-state index in [2.05, 4.69) is 0 Å². The highest BCUT2D eigenvalue weighted by Crippen LogP contribution is 2.29. The van der Waals surface area contributed by atoms with E-state index in [0.717, 1.165) is 0 Å². The summed E-state index contributed by atoms with van der Waals surface area (Å²) >= 11 is 0. The molecule has 1 aromatic carbocycles. The van der Waals surface area contributed by atoms with E-state index in [1.165, 1.54) is 12.1 Å². The second kappa shape index (κ2) is 3.13. The second-order valence-electron chi connectivity index (χ2n) is 3.32. The van der Waals surface area contributed by atoms with Crippen molar-refractivity contribution in [2.45, 2.75) is 26.7 Å². The van der Waals surface area contributed by atoms with Gasteiger partial charge in [-0.2, -0.15) is 0 Å². The van der Waals surface area contributed by atoms with E-state index in [4.69, 9.17) is 0 Å². The minimum absolute atomic E-state index is 0.152. The number of hydrogen-bond acceptors (Lipinski definition) is 1. The Bertz CT molecular complexity index is 292. The Hall–Kier alpha value is -1.05. The van der Waals surface area contributed by atoms with Crippen LogP contribution in [0.25, 0.3) is 0 Å². The predicted molar refractivity (Wildman–Crippen MR) is 46.9 cm³/mol. The summed E-state index contributed by atoms with van der Waals surface area (Å²) < 4.78 is 12.9. The van der Waals surface area contributed by atoms with Gasteiger partial charge in [-0.3, -0.25) is 0 Å². The van der Waals surface area contributed by atoms with Crippen LogP contribution >= 0.6 is 0 Å². The third-order valence-corrected chi connectivity index (χ3v) is 1.92. The van der Waals surface area contributed by atoms with Crippen LogP contribution in [0.2, 0.25) is 0 Å². The minimum Gasteiger partial charge on any atom is -0.507 e. The van der Waals surface area contributed by atoms with Crippen LogP contribution in [0.1, 0.15) is 30.9 Å². The summed E-state index contributed by atoms with van der Waals surface area (Å²) in [6.07, 6.45) is 0. The van der Waals surface area contributed by atoms with Gasteiger partial charge in [-0.25, -0.2) is 4.39 Å². The molecule has 0 aliphatic heterocycles. The van der Waals surface area contributed by atoms with Crippen molar-refractivity contribution in [1.82, 2.24) is 0 Å². The molecule has 0 heterocycles. The molecular weight excluding hydrogens is 155 g/mol. The number of benzene rings is 1. The molecule has 0 aliphatic rings. The quantitative estimate of drug-likeness (QED) is 0.683. The Labute approximate surface area is 71.9 Å². The molecule has 0 amide bonds. The predicted octanol–water partition coefficient (Wildman–Crippen LogP) is 2.96. The first kappa shape index (κ1) is 9.04. The van der Waals surface area contributed by atoms with Crippen LogP contribution in [-0.2, 0) is 0 Å². The average molecular weight is 168 g/mol. The highest BCUT2D eigenvalue weighted by molar-refractivity contribution is 5.41. The Morgan fingerprint density at radius 1 is 1.33 bits per heavy atom. The van der Waals surface area contributed by atoms with Crippen molar-refractivity contribution < 1.29 is 9.50 Å². The minimum atomic E-state index is -0.283. The van der Waals surface area contributed by atoms with Crippen molar-refractivity contribution in [3.8, 4) is 5.75 Å². The summed E-state index contributed by atoms with van der Waals surface area (Å²) in [6, 6.07) is 2.72. The lowest BCUT2D eigenvalue weighted by Gasteiger charge is -2.10. The molecule has 0 atom stereocenters. The lowest BCUT2D eigenvalue weighted by Crippen LogP contribution is -1.92. The van der Waals surface area contributed by atoms with Crippen molar-refractivity contribution >= 4 is 0 Å². The normalized spacial score (nSPS) is 10.8. The first-order chi connectivity index (χ1) is 5.52. The standard InChI is InChI=1S/C10H13FO/c1-6(2)9-5-8(11)4-7(3)10(9)12/h4-6,12H,1-3H3. The molecule has 0 radical (unpaired) electrons. The second-order valence-corrected chi connectivity index (χ2v) is 3.32. The van der Waals surface area contributed by atoms with Gasteiger partial charge in [0.15, 0.2) is 0 Å². The highest BCUT2D eigenvalue weighted by atomic mass is 19.1. The van der Waals surface area contributed by atoms with Crippen LogP contribution in [0.3, 0.4) is 0 Å². The van der Waals surface area contributed by atoms with Gasteiger partial charge in [-0.05, 0) is 36.1 Å². The number of hydrogen-bond donors (Lipinski definition) is 1. The molecule has 0 fully saturated rings. The number of phenols is 1. The van der Waals surface area contributed by atoms with Gasteiger partial charge in [0.2, 0.25) is 0 Å². The molecule has 0 saturated carbocycles. The number of aryl methyl sites for hydroxylation is 1. The first-order valence-corrected chi connectivity index (χ1v) is 4.01. The van der Waals surface area contributed by atoms with Gasteiger partial charge in [0, 0.05) is 0 Å². The van der Waals surface area contributed by atoms with Crippen molar-refractivity contribution in [3.05, 3.63) is 29.1 Å². The Balaban J connectivity index is 3.28. The smallest absolute Gasteiger partial charge is 0.124 e. The summed E-state index contributed by atoms with van der Waals surface area (Å²) in [5.41, 5.74) is 1.27. The summed E-state index contributed by atoms with van der Waals surface area (Å²) in [5.74, 6) is 0.0831. The molecule has 0 aromatic heterocycles. The van der Waals surface area contributed by atoms with Gasteiger partial charge in [0.05, 0.1) is 0 Å². The Morgan fingerprint density at radius 2 is 1.92 bits per heavy atom. The summed E-state index contributed by atoms with van der Waals surface area (Å²) in [6.45, 7) is 5.55. The van der Waals surface area contributed by atoms with Gasteiger partial charge in [0.25, 0.3) is 0 Å². The van der Waals surface area contributed by atoms with Crippen molar-refractivity contribution in [1.29, 1.82) is 0 Å². The molecule has 0 unspecified atom stereocenters. The van der Waals surface area contributed by atoms with Gasteiger partial charge in [0.1, 0.15) is 11.6 Å². The monoisotopic (exact) mass is 168 g/mol. The number of rotatable bonds is 1. The van der Waals surface area contributed by atoms with Crippen LogP contribution in [0.4, 0.5) is 4.39 Å². The van der Waals surface area contributed by atoms with Gasteiger partial charge < -0.3 is 5.11 Å². The fraction of sp³-hybridized carbons (Fsp3) is 0.400. The van der Waals surface area contributed by atoms with E-state index in [-0.39, 0.29) is 17.5 Å². The van der Waals surface area contributed by atoms with Crippen molar-refractivity contribution in [2.75, 3.05) is 0 Å². The van der Waals surface area contributed by atoms with E-state index in [1.54, 1.807) is 6.92 Å². The zero-order chi connectivity index (χ0) is 9.30. The average Bonchev–Trinajstić information content (AvgIpc) is 1.96. The highest BCUT2D eigenvalue weighted by Gasteiger charge is 2.09. The van der Waals surface area contributed by atoms with Gasteiger partial charge in [-0.1, -0.05) is 13.8 Å². The topological polar surface area (TPSA) is 20.2 Å². The zero-order valence-corrected chi connectivity index (χ0v) is 7.56. The van der Waals surface area contributed by atoms with Gasteiger partial charge in [-0.15, -0.1) is 0 Å². The molecule has 1 N–H and O–H groups in total. The summed E-state index contributed by atoms with van der Waals surface area (Å²) in [7, 11) is 0. The third-order valence-electron chi connectivity index (χ3n) is 1.92. The molecule has 1 rings (SSSR count). The fourth-order valence-corrected chi connectivity index (χ4v) is 1.20. The lowest BCUT2D eigenvalue weighted by atomic mass is 9.99. The molecule has 0 saturated heterocycles. The van der Waals surface area contributed by atoms with E-state index >= 15 is 0 Å². The van der Waals surface area contributed by atoms with E-state index in [9.17, 15) is 9.50 Å². The molecule has 0 bridgehead atoms. The van der Waals surface area contributed by atoms with E-state index in [1.807, 2.05) is 13.8 Å². The maximum absolute atomic E-state index is 12.9. The number of phenolic OH excluding ortho intramolecular Hbond substituents is 1. The Morgan fingerprint density at radius 3 is 2.42 bits per heavy atom. The molecule has 66 valence electrons. The van der Waals surface area contributed by atoms with Crippen LogP contribution < -0.4 is 0 Å². The van der Waals surface area contributed by atoms with Crippen molar-refractivity contribution in [3.63, 3.8) is 0 Å². The molecule has 12 heavy (non-hydrogen) atoms. The number of halogens is 1. The molecule has 1 nitrogen and oxygen atoms in total. The first-order valence-electron chi connectivity index (χ1n) is 4.01. The third kappa shape index (κ3) is 1.58. The van der Waals surface area contributed by atoms with E-state index < -0.39 is 0 Å². The molecule has 0 spiro atoms. The molecule has 1 aromatic rings. The van der Waals surface area contributed by atoms with Crippen LogP contribution in [0.15, 0.2) is 12.1 Å². The fourth-order valence-electron chi connectivity index (χ4n) is 1.20. The van der Waals surface area contributed by atoms with Crippen LogP contribution in [0.5, 0.6) is 5.75 Å². The van der Waals surface area contributed by atoms with Crippen LogP contribution in [0, 0.1) is 12.7 Å². The summed E-state index contributed by atoms with van der Waals surface area (Å²) in [5, 5.41) is 9.53. The lowest BCUT2D eigenvalue weighted by molar-refractivity contribution is 0.457. The number of aromatic hydroxyl groups is 1. The van der Waals surface area contributed by atoms with Crippen LogP contribution in [-0.4, -0.2) is 5.11 Å². The van der Waals surface area contributed by atoms with Gasteiger partial charge >= 0.3 is 0 Å². The van der Waals surface area contributed by atoms with Crippen molar-refractivity contribution in [2.24, 2.45) is 0 Å². The largest absolute Gasteiger partial charge is 0.507 e. The maximum atomic E-state index is 12.9. The maximum Gasteiger partial charge on any atom is 0.124 e. The zero-order valence-electron chi connectivity index (χ0n) is 7.56.